The van der Waals surface area contributed by atoms with E-state index in [1.165, 1.54) is 6.92 Å². The first-order valence-electron chi connectivity index (χ1n) is 31.7. The number of carbonyl (C=O) groups is 12. The molecule has 28 nitrogen and oxygen atoms in total. The fourth-order valence-electron chi connectivity index (χ4n) is 12.6. The maximum Gasteiger partial charge on any atom is 0.419 e. The molecule has 4 aromatic rings. The molecule has 2 fully saturated rings. The Labute approximate surface area is 547 Å². The largest absolute Gasteiger partial charge is 0.481 e. The minimum absolute atomic E-state index is 0.237. The monoisotopic (exact) mass is 1320 g/mol. The van der Waals surface area contributed by atoms with Crippen LogP contribution in [-0.4, -0.2) is 213 Å². The van der Waals surface area contributed by atoms with E-state index in [0.717, 1.165) is 60.7 Å². The molecule has 0 radical (unpaired) electrons. The number of aliphatic hydroxyl groups is 3. The van der Waals surface area contributed by atoms with Gasteiger partial charge in [0.15, 0.2) is 0 Å². The second kappa shape index (κ2) is 32.9. The Morgan fingerprint density at radius 3 is 1.57 bits per heavy atom. The minimum atomic E-state index is -1.76. The summed E-state index contributed by atoms with van der Waals surface area (Å²) in [5.41, 5.74) is 7.27. The second-order valence-electron chi connectivity index (χ2n) is 24.2. The van der Waals surface area contributed by atoms with Gasteiger partial charge in [0.1, 0.15) is 62.6 Å². The van der Waals surface area contributed by atoms with Crippen LogP contribution in [0.2, 0.25) is 0 Å². The molecule has 4 aliphatic rings. The lowest BCUT2D eigenvalue weighted by atomic mass is 9.93. The van der Waals surface area contributed by atoms with E-state index < -0.39 is 190 Å². The van der Waals surface area contributed by atoms with E-state index in [9.17, 15) is 78.0 Å². The molecular weight excluding hydrogens is 1230 g/mol. The molecule has 3 aliphatic carbocycles. The minimum Gasteiger partial charge on any atom is -0.481 e. The number of carboxylic acid groups (broad SMARTS) is 2. The summed E-state index contributed by atoms with van der Waals surface area (Å²) in [6, 6.07) is 20.3. The van der Waals surface area contributed by atoms with Gasteiger partial charge in [0, 0.05) is 37.3 Å². The van der Waals surface area contributed by atoms with Gasteiger partial charge in [-0.3, -0.25) is 47.9 Å². The number of β-amino-alcohol motifs (C(OH)–C–C–N with tert-alkyl or cyclic N) is 1. The number of carboxylic acids is 2. The van der Waals surface area contributed by atoms with Crippen LogP contribution in [0.3, 0.4) is 0 Å². The predicted molar refractivity (Wildman–Crippen MR) is 338 cm³/mol. The molecule has 10 amide bonds. The van der Waals surface area contributed by atoms with Crippen molar-refractivity contribution in [3.05, 3.63) is 119 Å². The van der Waals surface area contributed by atoms with Crippen LogP contribution < -0.4 is 31.9 Å². The maximum absolute atomic E-state index is 14.5. The van der Waals surface area contributed by atoms with Crippen molar-refractivity contribution >= 4 is 71.4 Å². The quantitative estimate of drug-likeness (QED) is 0.0369. The summed E-state index contributed by atoms with van der Waals surface area (Å²) in [6.07, 6.45) is -2.24. The highest BCUT2D eigenvalue weighted by atomic mass is 16.6. The summed E-state index contributed by atoms with van der Waals surface area (Å²) in [6.45, 7) is -1.00. The van der Waals surface area contributed by atoms with E-state index in [2.05, 4.69) is 31.9 Å². The molecule has 0 spiro atoms. The molecule has 508 valence electrons. The van der Waals surface area contributed by atoms with Crippen LogP contribution >= 0.6 is 0 Å². The van der Waals surface area contributed by atoms with Crippen molar-refractivity contribution in [2.45, 2.75) is 139 Å². The number of aliphatic hydroxyl groups excluding tert-OH is 3. The molecule has 8 rings (SSSR count). The van der Waals surface area contributed by atoms with Crippen molar-refractivity contribution in [2.24, 2.45) is 5.92 Å². The highest BCUT2D eigenvalue weighted by Gasteiger charge is 2.44. The Kier molecular flexibility index (Phi) is 24.6. The maximum atomic E-state index is 14.5. The van der Waals surface area contributed by atoms with Crippen molar-refractivity contribution in [1.29, 1.82) is 0 Å². The van der Waals surface area contributed by atoms with Crippen LogP contribution in [0.15, 0.2) is 97.1 Å². The number of ether oxygens (including phenoxy) is 2. The molecule has 1 heterocycles. The molecule has 95 heavy (non-hydrogen) atoms. The summed E-state index contributed by atoms with van der Waals surface area (Å²) < 4.78 is 11.7. The second-order valence-corrected chi connectivity index (χ2v) is 24.2. The van der Waals surface area contributed by atoms with Crippen molar-refractivity contribution in [1.82, 2.24) is 46.6 Å². The van der Waals surface area contributed by atoms with Gasteiger partial charge in [-0.05, 0) is 76.6 Å². The highest BCUT2D eigenvalue weighted by molar-refractivity contribution is 5.99. The van der Waals surface area contributed by atoms with Crippen molar-refractivity contribution in [2.75, 3.05) is 52.6 Å². The molecular formula is C67H81N9O19. The third-order valence-electron chi connectivity index (χ3n) is 17.8. The Morgan fingerprint density at radius 1 is 0.589 bits per heavy atom. The first kappa shape index (κ1) is 71.1. The molecule has 1 aliphatic heterocycles. The van der Waals surface area contributed by atoms with Crippen LogP contribution in [0.4, 0.5) is 9.59 Å². The van der Waals surface area contributed by atoms with Crippen LogP contribution in [0.5, 0.6) is 0 Å². The Balaban J connectivity index is 0.922. The van der Waals surface area contributed by atoms with Gasteiger partial charge in [-0.25, -0.2) is 14.5 Å². The predicted octanol–water partition coefficient (Wildman–Crippen LogP) is 1.85. The number of hydrogen-bond donors (Lipinski definition) is 11. The van der Waals surface area contributed by atoms with E-state index in [-0.39, 0.29) is 19.6 Å². The number of rotatable bonds is 29. The Morgan fingerprint density at radius 2 is 1.08 bits per heavy atom. The van der Waals surface area contributed by atoms with Gasteiger partial charge in [0.05, 0.1) is 25.9 Å². The summed E-state index contributed by atoms with van der Waals surface area (Å²) in [4.78, 5) is 165. The fraction of sp³-hybridized carbons (Fsp3) is 0.463. The summed E-state index contributed by atoms with van der Waals surface area (Å²) in [5.74, 6) is -12.1. The van der Waals surface area contributed by atoms with E-state index in [1.807, 2.05) is 97.1 Å². The lowest BCUT2D eigenvalue weighted by Gasteiger charge is -2.36. The Bertz CT molecular complexity index is 3320. The molecule has 11 N–H and O–H groups in total. The standard InChI is InChI=1S/C67H81N9O19/c1-4-37(2)59(64(90)68-29-58(84)85)73-62(88)52(33-77)71-61(87)51(26-27-57(82)83)70-55(80)31-74(39-16-6-5-7-17-39)65(91)53(34-78)72-60(86)38(3)69-63(89)54-28-40(79)30-75(54)56(81)32-76(66(92)94-35-49-45-22-12-8-18-41(45)42-19-9-13-23-46(42)49)67(93)95-36-50-47-24-14-10-20-43(47)44-21-11-15-25-48(44)50/h8-15,18-25,37-40,49-54,59,77-79H,4-7,16-17,26-36H2,1-3H3,(H,68,90)(H,69,89)(H,70,80)(H,71,87)(H,72,86)(H,73,88)(H,82,83)(H,84,85)/t37-,38-,40+,51-,52-,53-,54-,59-/m0/s1. The zero-order valence-electron chi connectivity index (χ0n) is 52.9. The SMILES string of the molecule is CC[C@H](C)[C@H](NC(=O)[C@H](CO)NC(=O)[C@H](CCC(=O)O)NC(=O)CN(C(=O)[C@H](CO)NC(=O)[C@H](C)NC(=O)[C@@H]1C[C@@H](O)CN1C(=O)CN(C(=O)OCC1c2ccccc2-c2ccccc21)C(=O)OCC1c2ccccc2-c2ccccc21)C1CCCCC1)C(=O)NCC(=O)O. The van der Waals surface area contributed by atoms with Gasteiger partial charge < -0.3 is 76.7 Å². The molecule has 0 aromatic heterocycles. The van der Waals surface area contributed by atoms with Gasteiger partial charge in [-0.15, -0.1) is 0 Å². The average molecular weight is 1320 g/mol. The molecule has 0 unspecified atom stereocenters. The molecule has 8 atom stereocenters. The van der Waals surface area contributed by atoms with Gasteiger partial charge >= 0.3 is 24.1 Å². The first-order valence-corrected chi connectivity index (χ1v) is 31.7. The molecule has 0 bridgehead atoms. The number of fused-ring (bicyclic) bond motifs is 6. The van der Waals surface area contributed by atoms with Gasteiger partial charge in [0.25, 0.3) is 0 Å². The Hall–Kier alpha value is -9.80. The lowest BCUT2D eigenvalue weighted by molar-refractivity contribution is -0.144. The number of nitrogens with one attached hydrogen (secondary N) is 6. The summed E-state index contributed by atoms with van der Waals surface area (Å²) >= 11 is 0. The normalized spacial score (nSPS) is 17.5. The lowest BCUT2D eigenvalue weighted by Crippen LogP contribution is -2.60. The zero-order chi connectivity index (χ0) is 68.6. The number of benzene rings is 4. The average Bonchev–Trinajstić information content (AvgIpc) is 1.63. The molecule has 1 saturated carbocycles. The van der Waals surface area contributed by atoms with Gasteiger partial charge in [-0.1, -0.05) is 137 Å². The highest BCUT2D eigenvalue weighted by Crippen LogP contribution is 2.46. The summed E-state index contributed by atoms with van der Waals surface area (Å²) in [5, 5.41) is 64.5. The fourth-order valence-corrected chi connectivity index (χ4v) is 12.6. The zero-order valence-corrected chi connectivity index (χ0v) is 52.9. The number of likely N-dealkylation sites (tertiary alicyclic amines) is 1. The van der Waals surface area contributed by atoms with Crippen molar-refractivity contribution < 1.29 is 92.5 Å². The molecule has 4 aromatic carbocycles. The number of nitrogens with zero attached hydrogens (tertiary/aromatic N) is 3. The number of carbonyl (C=O) groups excluding carboxylic acids is 10. The number of amides is 10. The topological polar surface area (TPSA) is 406 Å². The number of aliphatic carboxylic acids is 2. The van der Waals surface area contributed by atoms with Crippen LogP contribution in [0.25, 0.3) is 22.3 Å². The van der Waals surface area contributed by atoms with E-state index in [1.54, 1.807) is 13.8 Å². The number of imide groups is 1. The van der Waals surface area contributed by atoms with Crippen LogP contribution in [0.1, 0.15) is 113 Å². The van der Waals surface area contributed by atoms with Crippen molar-refractivity contribution in [3.8, 4) is 22.3 Å². The smallest absolute Gasteiger partial charge is 0.419 e. The molecule has 1 saturated heterocycles. The van der Waals surface area contributed by atoms with Gasteiger partial charge in [0.2, 0.25) is 47.3 Å². The third kappa shape index (κ3) is 17.5. The first-order chi connectivity index (χ1) is 45.5. The van der Waals surface area contributed by atoms with Crippen molar-refractivity contribution in [3.63, 3.8) is 0 Å². The van der Waals surface area contributed by atoms with Crippen LogP contribution in [-0.2, 0) is 57.4 Å². The van der Waals surface area contributed by atoms with E-state index in [0.29, 0.717) is 37.0 Å². The molecule has 28 heteroatoms. The van der Waals surface area contributed by atoms with Gasteiger partial charge in [-0.2, -0.15) is 0 Å². The number of hydrogen-bond acceptors (Lipinski definition) is 17. The van der Waals surface area contributed by atoms with E-state index >= 15 is 0 Å². The van der Waals surface area contributed by atoms with Crippen LogP contribution in [0, 0.1) is 5.92 Å². The van der Waals surface area contributed by atoms with E-state index in [4.69, 9.17) is 14.6 Å². The summed E-state index contributed by atoms with van der Waals surface area (Å²) in [7, 11) is 0. The third-order valence-corrected chi connectivity index (χ3v) is 17.8.